The zero-order chi connectivity index (χ0) is 42.7. The number of fused-ring (bicyclic) bond motifs is 1. The van der Waals surface area contributed by atoms with E-state index >= 15 is 0 Å². The van der Waals surface area contributed by atoms with Gasteiger partial charge < -0.3 is 29.0 Å². The topological polar surface area (TPSA) is 170 Å². The monoisotopic (exact) mass is 846 g/mol. The molecule has 0 radical (unpaired) electrons. The minimum atomic E-state index is -0.631. The van der Waals surface area contributed by atoms with Crippen LogP contribution >= 0.6 is 23.5 Å². The maximum atomic E-state index is 12.5. The summed E-state index contributed by atoms with van der Waals surface area (Å²) in [5.74, 6) is 0.182. The summed E-state index contributed by atoms with van der Waals surface area (Å²) >= 11 is 2.63. The van der Waals surface area contributed by atoms with E-state index in [-0.39, 0.29) is 41.6 Å². The number of nitro benzene ring substituents is 1. The lowest BCUT2D eigenvalue weighted by Crippen LogP contribution is -2.29. The van der Waals surface area contributed by atoms with Crippen molar-refractivity contribution in [2.45, 2.75) is 79.6 Å². The number of anilines is 1. The molecule has 1 heterocycles. The number of aryl methyl sites for hydroxylation is 2. The molecule has 59 heavy (non-hydrogen) atoms. The number of nitrogens with zero attached hydrogens (tertiary/aromatic N) is 1. The van der Waals surface area contributed by atoms with Crippen molar-refractivity contribution in [3.63, 3.8) is 0 Å². The minimum absolute atomic E-state index is 0.0109. The Hall–Kier alpha value is -5.54. The van der Waals surface area contributed by atoms with Crippen molar-refractivity contribution in [2.24, 2.45) is 0 Å². The maximum Gasteiger partial charge on any atom is 0.338 e. The Morgan fingerprint density at radius 2 is 1.31 bits per heavy atom. The lowest BCUT2D eigenvalue weighted by molar-refractivity contribution is -0.387. The average molecular weight is 847 g/mol. The quantitative estimate of drug-likeness (QED) is 0.0312. The van der Waals surface area contributed by atoms with Gasteiger partial charge in [0.1, 0.15) is 16.7 Å². The molecule has 1 amide bonds. The van der Waals surface area contributed by atoms with Crippen LogP contribution in [0.4, 0.5) is 11.4 Å². The predicted molar refractivity (Wildman–Crippen MR) is 228 cm³/mol. The Bertz CT molecular complexity index is 2040. The second-order valence-corrected chi connectivity index (χ2v) is 15.5. The summed E-state index contributed by atoms with van der Waals surface area (Å²) in [6.45, 7) is 5.86. The molecule has 1 aliphatic rings. The lowest BCUT2D eigenvalue weighted by Gasteiger charge is -2.24. The molecule has 1 aliphatic heterocycles. The van der Waals surface area contributed by atoms with Gasteiger partial charge in [0.25, 0.3) is 5.69 Å². The second-order valence-electron chi connectivity index (χ2n) is 13.0. The number of methoxy groups -OCH3 is 2. The average Bonchev–Trinajstić information content (AvgIpc) is 3.24. The van der Waals surface area contributed by atoms with Crippen LogP contribution in [0.2, 0.25) is 0 Å². The third kappa shape index (κ3) is 14.1. The van der Waals surface area contributed by atoms with Gasteiger partial charge in [0.15, 0.2) is 0 Å². The van der Waals surface area contributed by atoms with E-state index in [4.69, 9.17) is 23.7 Å². The largest absolute Gasteiger partial charge is 0.497 e. The summed E-state index contributed by atoms with van der Waals surface area (Å²) in [5.41, 5.74) is 3.32. The van der Waals surface area contributed by atoms with Gasteiger partial charge in [0, 0.05) is 11.0 Å². The first kappa shape index (κ1) is 46.2. The zero-order valence-corrected chi connectivity index (χ0v) is 35.5. The predicted octanol–water partition coefficient (Wildman–Crippen LogP) is 9.13. The van der Waals surface area contributed by atoms with Crippen molar-refractivity contribution < 1.29 is 47.8 Å². The number of nitro groups is 1. The SMILES string of the molecule is CCOC(=O)c1ccc(S[C@H](CCCc2ccc(OC)cc2)C(=O)OCC)c([N+](=O)[O-])c1.CCOC(=O)c1ccc2c(c1)NC(=O)[C@H](CCCc1ccc(OC)cc1)S2. The standard InChI is InChI=1S/C23H27NO7S.C21H23NO4S/c1-4-30-22(25)17-11-14-20(19(15-17)24(27)28)32-21(23(26)31-5-2)8-6-7-16-9-12-18(29-3)13-10-16;1-3-26-21(24)15-9-12-18-17(13-15)22-20(23)19(27-18)6-4-5-14-7-10-16(25-2)11-8-14/h9-15,21H,4-8H2,1-3H3;7-13,19H,3-6H2,1-2H3,(H,22,23)/t21-;19-/m10/s1. The van der Waals surface area contributed by atoms with Gasteiger partial charge in [-0.1, -0.05) is 24.3 Å². The Morgan fingerprint density at radius 1 is 0.763 bits per heavy atom. The highest BCUT2D eigenvalue weighted by Gasteiger charge is 2.28. The minimum Gasteiger partial charge on any atom is -0.497 e. The summed E-state index contributed by atoms with van der Waals surface area (Å²) < 4.78 is 25.4. The van der Waals surface area contributed by atoms with Gasteiger partial charge in [-0.15, -0.1) is 23.5 Å². The van der Waals surface area contributed by atoms with E-state index in [2.05, 4.69) is 17.4 Å². The third-order valence-electron chi connectivity index (χ3n) is 8.98. The molecule has 0 fully saturated rings. The highest BCUT2D eigenvalue weighted by molar-refractivity contribution is 8.01. The van der Waals surface area contributed by atoms with Gasteiger partial charge >= 0.3 is 17.9 Å². The molecule has 0 spiro atoms. The highest BCUT2D eigenvalue weighted by atomic mass is 32.2. The lowest BCUT2D eigenvalue weighted by atomic mass is 10.1. The molecule has 13 nitrogen and oxygen atoms in total. The van der Waals surface area contributed by atoms with Crippen LogP contribution in [-0.2, 0) is 36.6 Å². The normalized spacial score (nSPS) is 13.4. The van der Waals surface area contributed by atoms with Crippen LogP contribution in [0.25, 0.3) is 0 Å². The van der Waals surface area contributed by atoms with E-state index in [9.17, 15) is 29.3 Å². The van der Waals surface area contributed by atoms with Gasteiger partial charge in [-0.2, -0.15) is 0 Å². The number of esters is 3. The van der Waals surface area contributed by atoms with E-state index in [0.717, 1.165) is 59.4 Å². The number of nitrogens with one attached hydrogen (secondary N) is 1. The molecule has 0 aromatic heterocycles. The first-order valence-electron chi connectivity index (χ1n) is 19.3. The van der Waals surface area contributed by atoms with E-state index < -0.39 is 22.1 Å². The van der Waals surface area contributed by atoms with Crippen molar-refractivity contribution in [1.29, 1.82) is 0 Å². The number of carbonyl (C=O) groups excluding carboxylic acids is 4. The van der Waals surface area contributed by atoms with Gasteiger partial charge in [-0.3, -0.25) is 19.7 Å². The molecule has 4 aromatic carbocycles. The fraction of sp³-hybridized carbons (Fsp3) is 0.364. The second kappa shape index (κ2) is 23.8. The summed E-state index contributed by atoms with van der Waals surface area (Å²) in [6.07, 6.45) is 4.55. The molecule has 1 N–H and O–H groups in total. The van der Waals surface area contributed by atoms with Crippen molar-refractivity contribution >= 4 is 58.7 Å². The van der Waals surface area contributed by atoms with E-state index in [1.165, 1.54) is 23.8 Å². The maximum absolute atomic E-state index is 12.5. The fourth-order valence-electron chi connectivity index (χ4n) is 5.96. The van der Waals surface area contributed by atoms with Crippen molar-refractivity contribution in [3.05, 3.63) is 117 Å². The van der Waals surface area contributed by atoms with Crippen LogP contribution in [0.15, 0.2) is 94.7 Å². The fourth-order valence-corrected chi connectivity index (χ4v) is 8.26. The number of thioether (sulfide) groups is 2. The van der Waals surface area contributed by atoms with E-state index in [1.54, 1.807) is 58.9 Å². The van der Waals surface area contributed by atoms with Crippen LogP contribution in [0.5, 0.6) is 11.5 Å². The molecule has 0 bridgehead atoms. The highest BCUT2D eigenvalue weighted by Crippen LogP contribution is 2.39. The smallest absolute Gasteiger partial charge is 0.338 e. The number of benzene rings is 4. The number of ether oxygens (including phenoxy) is 5. The number of carbonyl (C=O) groups is 4. The molecule has 0 saturated heterocycles. The van der Waals surface area contributed by atoms with Crippen LogP contribution in [0.3, 0.4) is 0 Å². The Labute approximate surface area is 353 Å². The van der Waals surface area contributed by atoms with Gasteiger partial charge in [-0.05, 0) is 125 Å². The number of hydrogen-bond acceptors (Lipinski definition) is 13. The van der Waals surface area contributed by atoms with E-state index in [1.807, 2.05) is 42.5 Å². The third-order valence-corrected chi connectivity index (χ3v) is 11.6. The first-order chi connectivity index (χ1) is 28.5. The van der Waals surface area contributed by atoms with Gasteiger partial charge in [0.2, 0.25) is 5.91 Å². The molecule has 314 valence electrons. The summed E-state index contributed by atoms with van der Waals surface area (Å²) in [6, 6.07) is 25.1. The van der Waals surface area contributed by atoms with Crippen molar-refractivity contribution in [2.75, 3.05) is 39.4 Å². The Balaban J connectivity index is 0.000000264. The summed E-state index contributed by atoms with van der Waals surface area (Å²) in [4.78, 5) is 61.0. The van der Waals surface area contributed by atoms with Gasteiger partial charge in [-0.25, -0.2) is 9.59 Å². The van der Waals surface area contributed by atoms with Crippen LogP contribution in [0, 0.1) is 10.1 Å². The van der Waals surface area contributed by atoms with Crippen LogP contribution in [-0.4, -0.2) is 73.3 Å². The molecular weight excluding hydrogens is 797 g/mol. The van der Waals surface area contributed by atoms with Crippen LogP contribution < -0.4 is 14.8 Å². The number of hydrogen-bond donors (Lipinski definition) is 1. The van der Waals surface area contributed by atoms with Crippen molar-refractivity contribution in [3.8, 4) is 11.5 Å². The van der Waals surface area contributed by atoms with Crippen LogP contribution in [0.1, 0.15) is 78.3 Å². The molecule has 15 heteroatoms. The van der Waals surface area contributed by atoms with Gasteiger partial charge in [0.05, 0.1) is 65.9 Å². The number of rotatable bonds is 19. The molecule has 2 atom stereocenters. The number of amides is 1. The summed E-state index contributed by atoms with van der Waals surface area (Å²) in [5, 5.41) is 13.8. The molecule has 0 unspecified atom stereocenters. The molecule has 0 aliphatic carbocycles. The molecule has 4 aromatic rings. The first-order valence-corrected chi connectivity index (χ1v) is 21.1. The Morgan fingerprint density at radius 3 is 1.85 bits per heavy atom. The molecule has 5 rings (SSSR count). The van der Waals surface area contributed by atoms with Crippen molar-refractivity contribution in [1.82, 2.24) is 0 Å². The Kier molecular flexibility index (Phi) is 18.6. The summed E-state index contributed by atoms with van der Waals surface area (Å²) in [7, 11) is 3.26. The van der Waals surface area contributed by atoms with E-state index in [0.29, 0.717) is 35.6 Å². The molecule has 0 saturated carbocycles. The molecular formula is C44H50N2O11S2. The zero-order valence-electron chi connectivity index (χ0n) is 33.9.